The van der Waals surface area contributed by atoms with Crippen LogP contribution >= 0.6 is 28.8 Å². The second-order valence-corrected chi connectivity index (χ2v) is 3.62. The van der Waals surface area contributed by atoms with Crippen molar-refractivity contribution in [3.63, 3.8) is 0 Å². The molecule has 0 atom stereocenters. The number of hydrogen-bond donors (Lipinski definition) is 0. The number of hydrogen-bond acceptors (Lipinski definition) is 3. The monoisotopic (exact) mass is 315 g/mol. The van der Waals surface area contributed by atoms with E-state index >= 15 is 0 Å². The Balaban J connectivity index is 0. The van der Waals surface area contributed by atoms with Gasteiger partial charge in [0, 0.05) is 0 Å². The van der Waals surface area contributed by atoms with Crippen LogP contribution < -0.4 is 0 Å². The molecule has 0 spiro atoms. The predicted molar refractivity (Wildman–Crippen MR) is 28.5 cm³/mol. The molecule has 5 heteroatoms. The zero-order chi connectivity index (χ0) is 4.71. The van der Waals surface area contributed by atoms with Crippen molar-refractivity contribution in [1.82, 2.24) is 0 Å². The minimum absolute atomic E-state index is 0.363. The van der Waals surface area contributed by atoms with Gasteiger partial charge in [0.2, 0.25) is 0 Å². The summed E-state index contributed by atoms with van der Waals surface area (Å²) >= 11 is 0.970. The van der Waals surface area contributed by atoms with Crippen LogP contribution in [0.4, 0.5) is 0 Å². The summed E-state index contributed by atoms with van der Waals surface area (Å²) < 4.78 is 0. The van der Waals surface area contributed by atoms with Crippen LogP contribution in [0, 0.1) is 0 Å². The predicted octanol–water partition coefficient (Wildman–Crippen LogP) is 1.56. The van der Waals surface area contributed by atoms with E-state index in [4.69, 9.17) is 0 Å². The summed E-state index contributed by atoms with van der Waals surface area (Å²) in [4.78, 5) is 0. The molecule has 0 nitrogen and oxygen atoms in total. The molecule has 29 valence electrons. The third-order valence-electron chi connectivity index (χ3n) is 0. The van der Waals surface area contributed by atoms with Crippen LogP contribution in [0.1, 0.15) is 0 Å². The van der Waals surface area contributed by atoms with Crippen molar-refractivity contribution in [2.45, 2.75) is 0 Å². The fourth-order valence-electron chi connectivity index (χ4n) is 0. The summed E-state index contributed by atoms with van der Waals surface area (Å²) in [5, 5.41) is 0. The summed E-state index contributed by atoms with van der Waals surface area (Å²) in [6, 6.07) is 0. The Morgan fingerprint density at radius 1 is 1.20 bits per heavy atom. The van der Waals surface area contributed by atoms with Crippen LogP contribution in [0.15, 0.2) is 0 Å². The maximum absolute atomic E-state index is 4.34. The molecule has 0 heterocycles. The molecule has 0 bridgehead atoms. The Kier molecular flexibility index (Phi) is 33.5. The van der Waals surface area contributed by atoms with Crippen LogP contribution in [0.25, 0.3) is 0 Å². The second kappa shape index (κ2) is 16.4. The second-order valence-electron chi connectivity index (χ2n) is 0.0680. The first-order valence-electron chi connectivity index (χ1n) is 0.516. The van der Waals surface area contributed by atoms with E-state index in [1.807, 2.05) is 0 Å². The van der Waals surface area contributed by atoms with E-state index in [0.717, 1.165) is 0 Å². The summed E-state index contributed by atoms with van der Waals surface area (Å²) in [7, 11) is 12.8. The van der Waals surface area contributed by atoms with Gasteiger partial charge in [-0.2, -0.15) is 0 Å². The molecule has 0 fully saturated rings. The average Bonchev–Trinajstić information content (AvgIpc) is 1.46. The van der Waals surface area contributed by atoms with Crippen molar-refractivity contribution < 1.29 is 14.9 Å². The van der Waals surface area contributed by atoms with E-state index in [0.29, 0.717) is 0 Å². The van der Waals surface area contributed by atoms with Gasteiger partial charge < -0.3 is 0 Å². The molecule has 1 radical (unpaired) electrons. The molecule has 0 saturated carbocycles. The minimum atomic E-state index is -0.363. The van der Waals surface area contributed by atoms with E-state index in [2.05, 4.69) is 28.8 Å². The summed E-state index contributed by atoms with van der Waals surface area (Å²) in [5.74, 6) is 0. The molecule has 5 heavy (non-hydrogen) atoms. The van der Waals surface area contributed by atoms with E-state index in [1.54, 1.807) is 0 Å². The van der Waals surface area contributed by atoms with E-state index in [1.165, 1.54) is 21.1 Å². The first-order chi connectivity index (χ1) is 2.41. The van der Waals surface area contributed by atoms with Crippen molar-refractivity contribution in [2.75, 3.05) is 0 Å². The molecule has 0 rings (SSSR count). The third-order valence-corrected chi connectivity index (χ3v) is 0. The summed E-state index contributed by atoms with van der Waals surface area (Å²) in [5.41, 5.74) is 0. The van der Waals surface area contributed by atoms with Crippen LogP contribution in [0.5, 0.6) is 0 Å². The fraction of sp³-hybridized carbons (Fsp3) is 0. The number of rotatable bonds is 0. The maximum atomic E-state index is 4.34. The molecular weight excluding hydrogens is 314 g/mol. The van der Waals surface area contributed by atoms with Gasteiger partial charge in [-0.1, -0.05) is 0 Å². The first-order valence-corrected chi connectivity index (χ1v) is 9.59. The SMILES string of the molecule is [S]=[Mo]=[S].[S]=[Sb]. The van der Waals surface area contributed by atoms with Crippen LogP contribution in [-0.2, 0) is 14.9 Å². The molecule has 0 aliphatic carbocycles. The van der Waals surface area contributed by atoms with Crippen LogP contribution in [0.3, 0.4) is 0 Å². The first kappa shape index (κ1) is 10.2. The Hall–Kier alpha value is 2.17. The van der Waals surface area contributed by atoms with E-state index in [-0.39, 0.29) is 14.9 Å². The fourth-order valence-corrected chi connectivity index (χ4v) is 0. The molecule has 0 aromatic carbocycles. The van der Waals surface area contributed by atoms with Gasteiger partial charge in [0.05, 0.1) is 0 Å². The Morgan fingerprint density at radius 2 is 1.20 bits per heavy atom. The van der Waals surface area contributed by atoms with Crippen LogP contribution in [0.2, 0.25) is 0 Å². The molecular formula is MoS3Sb. The Morgan fingerprint density at radius 3 is 1.20 bits per heavy atom. The summed E-state index contributed by atoms with van der Waals surface area (Å²) in [6.45, 7) is 0. The topological polar surface area (TPSA) is 0 Å². The molecule has 0 aliphatic rings. The normalized spacial score (nSPS) is 3.20. The third kappa shape index (κ3) is 22.8. The molecule has 0 amide bonds. The average molecular weight is 314 g/mol. The van der Waals surface area contributed by atoms with Crippen molar-refractivity contribution in [2.24, 2.45) is 0 Å². The van der Waals surface area contributed by atoms with Crippen molar-refractivity contribution >= 4 is 49.9 Å². The van der Waals surface area contributed by atoms with Gasteiger partial charge in [0.25, 0.3) is 0 Å². The molecule has 0 aliphatic heterocycles. The van der Waals surface area contributed by atoms with Crippen LogP contribution in [-0.4, -0.2) is 21.1 Å². The van der Waals surface area contributed by atoms with Gasteiger partial charge in [-0.15, -0.1) is 0 Å². The molecule has 0 aromatic rings. The van der Waals surface area contributed by atoms with Gasteiger partial charge in [-0.05, 0) is 0 Å². The van der Waals surface area contributed by atoms with Gasteiger partial charge in [0.15, 0.2) is 0 Å². The molecule has 0 unspecified atom stereocenters. The van der Waals surface area contributed by atoms with Crippen molar-refractivity contribution in [1.29, 1.82) is 0 Å². The van der Waals surface area contributed by atoms with Gasteiger partial charge in [0.1, 0.15) is 0 Å². The molecule has 0 aromatic heterocycles. The zero-order valence-electron chi connectivity index (χ0n) is 2.08. The van der Waals surface area contributed by atoms with Gasteiger partial charge in [-0.25, -0.2) is 0 Å². The van der Waals surface area contributed by atoms with Crippen molar-refractivity contribution in [3.8, 4) is 0 Å². The summed E-state index contributed by atoms with van der Waals surface area (Å²) in [6.07, 6.45) is 0. The quantitative estimate of drug-likeness (QED) is 0.623. The Labute approximate surface area is 63.7 Å². The Bertz CT molecular complexity index is 36.2. The molecule has 0 N–H and O–H groups in total. The van der Waals surface area contributed by atoms with Gasteiger partial charge >= 0.3 is 64.8 Å². The van der Waals surface area contributed by atoms with Gasteiger partial charge in [-0.3, -0.25) is 0 Å². The molecule has 0 saturated heterocycles. The van der Waals surface area contributed by atoms with E-state index in [9.17, 15) is 0 Å². The van der Waals surface area contributed by atoms with Crippen molar-refractivity contribution in [3.05, 3.63) is 0 Å². The van der Waals surface area contributed by atoms with E-state index < -0.39 is 0 Å². The standard InChI is InChI=1S/Mo.3S.Sb. The zero-order valence-corrected chi connectivity index (χ0v) is 9.09.